The number of aliphatic imine (C=N–C) groups is 3. The smallest absolute Gasteiger partial charge is 0.0778 e. The summed E-state index contributed by atoms with van der Waals surface area (Å²) in [5.41, 5.74) is 11.3. The van der Waals surface area contributed by atoms with Crippen LogP contribution in [-0.4, -0.2) is 24.2 Å². The normalized spacial score (nSPS) is 13.8. The second kappa shape index (κ2) is 10.2. The van der Waals surface area contributed by atoms with E-state index >= 15 is 0 Å². The van der Waals surface area contributed by atoms with Gasteiger partial charge in [-0.1, -0.05) is 76.9 Å². The minimum absolute atomic E-state index is 0.0791. The van der Waals surface area contributed by atoms with E-state index in [0.717, 1.165) is 22.8 Å². The summed E-state index contributed by atoms with van der Waals surface area (Å²) in [6.45, 7) is 26.5. The molecule has 33 heavy (non-hydrogen) atoms. The fourth-order valence-corrected chi connectivity index (χ4v) is 4.00. The van der Waals surface area contributed by atoms with Gasteiger partial charge in [-0.3, -0.25) is 15.0 Å². The number of hydrogen-bond donors (Lipinski definition) is 0. The maximum absolute atomic E-state index is 5.11. The van der Waals surface area contributed by atoms with E-state index in [1.807, 2.05) is 6.21 Å². The van der Waals surface area contributed by atoms with Crippen molar-refractivity contribution in [3.8, 4) is 0 Å². The summed E-state index contributed by atoms with van der Waals surface area (Å²) in [5.74, 6) is 0. The minimum Gasteiger partial charge on any atom is -0.285 e. The third kappa shape index (κ3) is 7.22. The van der Waals surface area contributed by atoms with Gasteiger partial charge < -0.3 is 0 Å². The molecule has 0 aliphatic carbocycles. The van der Waals surface area contributed by atoms with Gasteiger partial charge in [-0.05, 0) is 63.8 Å². The lowest BCUT2D eigenvalue weighted by Gasteiger charge is -2.22. The Morgan fingerprint density at radius 1 is 0.636 bits per heavy atom. The van der Waals surface area contributed by atoms with Crippen molar-refractivity contribution in [1.82, 2.24) is 0 Å². The topological polar surface area (TPSA) is 37.1 Å². The van der Waals surface area contributed by atoms with Gasteiger partial charge in [0, 0.05) is 22.8 Å². The quantitative estimate of drug-likeness (QED) is 0.413. The zero-order valence-corrected chi connectivity index (χ0v) is 22.9. The third-order valence-electron chi connectivity index (χ3n) is 5.84. The third-order valence-corrected chi connectivity index (χ3v) is 5.84. The summed E-state index contributed by atoms with van der Waals surface area (Å²) in [5, 5.41) is 0. The Kier molecular flexibility index (Phi) is 8.22. The van der Waals surface area contributed by atoms with Crippen LogP contribution in [0, 0.1) is 52.4 Å². The summed E-state index contributed by atoms with van der Waals surface area (Å²) in [4.78, 5) is 15.1. The summed E-state index contributed by atoms with van der Waals surface area (Å²) in [6.07, 6.45) is 1.95. The second-order valence-corrected chi connectivity index (χ2v) is 11.5. The van der Waals surface area contributed by atoms with E-state index in [0.29, 0.717) is 6.54 Å². The second-order valence-electron chi connectivity index (χ2n) is 11.5. The number of nitrogens with zero attached hydrogens (tertiary/aromatic N) is 3. The van der Waals surface area contributed by atoms with Gasteiger partial charge in [0.25, 0.3) is 0 Å². The van der Waals surface area contributed by atoms with Gasteiger partial charge in [0.1, 0.15) is 0 Å². The van der Waals surface area contributed by atoms with Crippen LogP contribution in [0.15, 0.2) is 39.2 Å². The van der Waals surface area contributed by atoms with Gasteiger partial charge in [-0.15, -0.1) is 0 Å². The molecular weight excluding hydrogens is 402 g/mol. The van der Waals surface area contributed by atoms with Crippen LogP contribution in [0.5, 0.6) is 0 Å². The van der Waals surface area contributed by atoms with Crippen molar-refractivity contribution in [3.63, 3.8) is 0 Å². The van der Waals surface area contributed by atoms with Crippen LogP contribution in [0.25, 0.3) is 0 Å². The Morgan fingerprint density at radius 2 is 1.03 bits per heavy atom. The highest BCUT2D eigenvalue weighted by Gasteiger charge is 2.21. The zero-order valence-electron chi connectivity index (χ0n) is 22.9. The molecule has 178 valence electrons. The predicted molar refractivity (Wildman–Crippen MR) is 148 cm³/mol. The van der Waals surface area contributed by atoms with Crippen molar-refractivity contribution in [1.29, 1.82) is 0 Å². The van der Waals surface area contributed by atoms with Crippen molar-refractivity contribution in [3.05, 3.63) is 57.6 Å². The molecule has 0 heterocycles. The van der Waals surface area contributed by atoms with Crippen LogP contribution in [0.3, 0.4) is 0 Å². The molecule has 0 aromatic heterocycles. The molecule has 3 nitrogen and oxygen atoms in total. The van der Waals surface area contributed by atoms with Gasteiger partial charge in [-0.25, -0.2) is 0 Å². The highest BCUT2D eigenvalue weighted by atomic mass is 14.9. The molecular formula is C30H43N3. The Hall–Kier alpha value is -2.55. The Labute approximate surface area is 202 Å². The summed E-state index contributed by atoms with van der Waals surface area (Å²) < 4.78 is 0. The molecule has 0 amide bonds. The maximum Gasteiger partial charge on any atom is 0.0778 e. The minimum atomic E-state index is -0.115. The predicted octanol–water partition coefficient (Wildman–Crippen LogP) is 8.55. The average molecular weight is 446 g/mol. The Balaban J connectivity index is 2.47. The molecule has 0 N–H and O–H groups in total. The molecule has 0 unspecified atom stereocenters. The Morgan fingerprint density at radius 3 is 1.39 bits per heavy atom. The van der Waals surface area contributed by atoms with Gasteiger partial charge >= 0.3 is 0 Å². The molecule has 0 aliphatic rings. The van der Waals surface area contributed by atoms with Gasteiger partial charge in [-0.2, -0.15) is 0 Å². The SMILES string of the molecule is Cc1cc(C)c(N=C(C=NCC(=Nc2c(C)cc(C)cc2C)C(C)(C)C)C(C)(C)C)c(C)c1. The molecule has 0 aliphatic heterocycles. The lowest BCUT2D eigenvalue weighted by atomic mass is 9.89. The number of benzene rings is 2. The molecule has 0 saturated carbocycles. The van der Waals surface area contributed by atoms with E-state index in [-0.39, 0.29) is 10.8 Å². The highest BCUT2D eigenvalue weighted by molar-refractivity contribution is 6.33. The fraction of sp³-hybridized carbons (Fsp3) is 0.500. The molecule has 3 heteroatoms. The fourth-order valence-electron chi connectivity index (χ4n) is 4.00. The van der Waals surface area contributed by atoms with E-state index in [1.54, 1.807) is 0 Å². The lowest BCUT2D eigenvalue weighted by Crippen LogP contribution is -2.25. The number of rotatable bonds is 5. The van der Waals surface area contributed by atoms with Crippen molar-refractivity contribution in [2.75, 3.05) is 6.54 Å². The first-order valence-electron chi connectivity index (χ1n) is 11.9. The molecule has 0 spiro atoms. The van der Waals surface area contributed by atoms with Gasteiger partial charge in [0.15, 0.2) is 0 Å². The monoisotopic (exact) mass is 445 g/mol. The first-order chi connectivity index (χ1) is 15.1. The zero-order chi connectivity index (χ0) is 25.1. The van der Waals surface area contributed by atoms with Crippen LogP contribution < -0.4 is 0 Å². The summed E-state index contributed by atoms with van der Waals surface area (Å²) in [6, 6.07) is 8.79. The molecule has 0 saturated heterocycles. The molecule has 0 radical (unpaired) electrons. The van der Waals surface area contributed by atoms with Gasteiger partial charge in [0.2, 0.25) is 0 Å². The van der Waals surface area contributed by atoms with Crippen molar-refractivity contribution >= 4 is 29.0 Å². The molecule has 0 bridgehead atoms. The van der Waals surface area contributed by atoms with Crippen LogP contribution in [0.1, 0.15) is 74.9 Å². The van der Waals surface area contributed by atoms with Crippen LogP contribution in [0.4, 0.5) is 11.4 Å². The molecule has 2 rings (SSSR count). The molecule has 2 aromatic carbocycles. The highest BCUT2D eigenvalue weighted by Crippen LogP contribution is 2.30. The Bertz CT molecular complexity index is 1050. The van der Waals surface area contributed by atoms with Gasteiger partial charge in [0.05, 0.1) is 23.6 Å². The first-order valence-corrected chi connectivity index (χ1v) is 11.9. The summed E-state index contributed by atoms with van der Waals surface area (Å²) in [7, 11) is 0. The van der Waals surface area contributed by atoms with E-state index in [9.17, 15) is 0 Å². The molecule has 0 fully saturated rings. The molecule has 2 aromatic rings. The average Bonchev–Trinajstić information content (AvgIpc) is 2.61. The van der Waals surface area contributed by atoms with Crippen LogP contribution >= 0.6 is 0 Å². The van der Waals surface area contributed by atoms with Crippen molar-refractivity contribution in [2.24, 2.45) is 25.8 Å². The van der Waals surface area contributed by atoms with E-state index in [2.05, 4.69) is 107 Å². The van der Waals surface area contributed by atoms with E-state index < -0.39 is 0 Å². The van der Waals surface area contributed by atoms with Crippen molar-refractivity contribution in [2.45, 2.75) is 83.1 Å². The van der Waals surface area contributed by atoms with Crippen molar-refractivity contribution < 1.29 is 0 Å². The van der Waals surface area contributed by atoms with E-state index in [1.165, 1.54) is 33.4 Å². The van der Waals surface area contributed by atoms with E-state index in [4.69, 9.17) is 15.0 Å². The maximum atomic E-state index is 5.11. The van der Waals surface area contributed by atoms with Crippen LogP contribution in [0.2, 0.25) is 0 Å². The number of aryl methyl sites for hydroxylation is 6. The summed E-state index contributed by atoms with van der Waals surface area (Å²) >= 11 is 0. The lowest BCUT2D eigenvalue weighted by molar-refractivity contribution is 0.583. The largest absolute Gasteiger partial charge is 0.285 e. The van der Waals surface area contributed by atoms with Crippen LogP contribution in [-0.2, 0) is 0 Å². The molecule has 0 atom stereocenters. The number of hydrogen-bond acceptors (Lipinski definition) is 3. The first kappa shape index (κ1) is 26.7. The standard InChI is InChI=1S/C30H43N3/c1-19-13-21(3)27(22(4)14-19)32-25(29(7,8)9)17-31-18-26(30(10,11)12)33-28-23(5)15-20(2)16-24(28)6/h13-17H,18H2,1-12H3.